The summed E-state index contributed by atoms with van der Waals surface area (Å²) in [6.45, 7) is 3.92. The van der Waals surface area contributed by atoms with Gasteiger partial charge in [-0.25, -0.2) is 15.0 Å². The SMILES string of the molecule is CCc1nc(N)c(C)c(-c2nccn2C)n1. The number of aromatic nitrogens is 4. The highest BCUT2D eigenvalue weighted by atomic mass is 15.1. The molecule has 16 heavy (non-hydrogen) atoms. The zero-order valence-corrected chi connectivity index (χ0v) is 9.73. The van der Waals surface area contributed by atoms with Gasteiger partial charge in [-0.2, -0.15) is 0 Å². The van der Waals surface area contributed by atoms with Gasteiger partial charge < -0.3 is 10.3 Å². The molecule has 0 bridgehead atoms. The highest BCUT2D eigenvalue weighted by molar-refractivity contribution is 5.61. The molecule has 84 valence electrons. The van der Waals surface area contributed by atoms with Crippen molar-refractivity contribution in [2.24, 2.45) is 7.05 Å². The third kappa shape index (κ3) is 1.64. The van der Waals surface area contributed by atoms with Crippen LogP contribution in [0, 0.1) is 6.92 Å². The highest BCUT2D eigenvalue weighted by Crippen LogP contribution is 2.22. The summed E-state index contributed by atoms with van der Waals surface area (Å²) in [7, 11) is 1.94. The second kappa shape index (κ2) is 3.92. The summed E-state index contributed by atoms with van der Waals surface area (Å²) >= 11 is 0. The average molecular weight is 217 g/mol. The predicted octanol–water partition coefficient (Wildman–Crippen LogP) is 1.33. The van der Waals surface area contributed by atoms with E-state index in [0.29, 0.717) is 5.82 Å². The van der Waals surface area contributed by atoms with Crippen LogP contribution < -0.4 is 5.73 Å². The number of nitrogens with two attached hydrogens (primary N) is 1. The minimum atomic E-state index is 0.532. The molecule has 0 saturated carbocycles. The first-order chi connectivity index (χ1) is 7.63. The van der Waals surface area contributed by atoms with E-state index in [1.54, 1.807) is 6.20 Å². The largest absolute Gasteiger partial charge is 0.383 e. The number of rotatable bonds is 2. The lowest BCUT2D eigenvalue weighted by atomic mass is 10.2. The molecule has 5 heteroatoms. The Morgan fingerprint density at radius 1 is 1.38 bits per heavy atom. The lowest BCUT2D eigenvalue weighted by molar-refractivity contribution is 0.890. The van der Waals surface area contributed by atoms with E-state index in [1.165, 1.54) is 0 Å². The highest BCUT2D eigenvalue weighted by Gasteiger charge is 2.13. The topological polar surface area (TPSA) is 69.6 Å². The van der Waals surface area contributed by atoms with E-state index in [9.17, 15) is 0 Å². The van der Waals surface area contributed by atoms with Crippen LogP contribution in [-0.4, -0.2) is 19.5 Å². The molecule has 0 aromatic carbocycles. The molecular weight excluding hydrogens is 202 g/mol. The van der Waals surface area contributed by atoms with Gasteiger partial charge in [-0.3, -0.25) is 0 Å². The lowest BCUT2D eigenvalue weighted by Crippen LogP contribution is -2.06. The quantitative estimate of drug-likeness (QED) is 0.823. The molecule has 0 radical (unpaired) electrons. The Hall–Kier alpha value is -1.91. The van der Waals surface area contributed by atoms with Gasteiger partial charge in [0.05, 0.1) is 0 Å². The van der Waals surface area contributed by atoms with Gasteiger partial charge in [-0.1, -0.05) is 6.92 Å². The van der Waals surface area contributed by atoms with Gasteiger partial charge in [-0.15, -0.1) is 0 Å². The summed E-state index contributed by atoms with van der Waals surface area (Å²) in [4.78, 5) is 13.0. The summed E-state index contributed by atoms with van der Waals surface area (Å²) in [5.74, 6) is 2.10. The third-order valence-electron chi connectivity index (χ3n) is 2.58. The molecule has 0 atom stereocenters. The maximum absolute atomic E-state index is 5.87. The Morgan fingerprint density at radius 3 is 2.69 bits per heavy atom. The maximum atomic E-state index is 5.87. The van der Waals surface area contributed by atoms with Gasteiger partial charge in [-0.05, 0) is 6.92 Å². The summed E-state index contributed by atoms with van der Waals surface area (Å²) in [5, 5.41) is 0. The van der Waals surface area contributed by atoms with Gasteiger partial charge in [0.1, 0.15) is 17.3 Å². The molecule has 0 aliphatic carbocycles. The predicted molar refractivity (Wildman–Crippen MR) is 62.8 cm³/mol. The summed E-state index contributed by atoms with van der Waals surface area (Å²) in [6, 6.07) is 0. The second-order valence-corrected chi connectivity index (χ2v) is 3.71. The average Bonchev–Trinajstić information content (AvgIpc) is 2.68. The summed E-state index contributed by atoms with van der Waals surface area (Å²) in [6.07, 6.45) is 4.40. The van der Waals surface area contributed by atoms with Crippen LogP contribution >= 0.6 is 0 Å². The maximum Gasteiger partial charge on any atom is 0.158 e. The number of anilines is 1. The van der Waals surface area contributed by atoms with Crippen molar-refractivity contribution < 1.29 is 0 Å². The van der Waals surface area contributed by atoms with Crippen LogP contribution in [0.1, 0.15) is 18.3 Å². The van der Waals surface area contributed by atoms with E-state index >= 15 is 0 Å². The third-order valence-corrected chi connectivity index (χ3v) is 2.58. The van der Waals surface area contributed by atoms with Crippen LogP contribution in [0.4, 0.5) is 5.82 Å². The van der Waals surface area contributed by atoms with Gasteiger partial charge in [0.2, 0.25) is 0 Å². The van der Waals surface area contributed by atoms with E-state index in [0.717, 1.165) is 29.3 Å². The van der Waals surface area contributed by atoms with Crippen molar-refractivity contribution in [2.45, 2.75) is 20.3 Å². The number of nitrogens with zero attached hydrogens (tertiary/aromatic N) is 4. The summed E-state index contributed by atoms with van der Waals surface area (Å²) < 4.78 is 1.92. The van der Waals surface area contributed by atoms with Crippen molar-refractivity contribution in [1.29, 1.82) is 0 Å². The standard InChI is InChI=1S/C11H15N5/c1-4-8-14-9(7(2)10(12)15-8)11-13-5-6-16(11)3/h5-6H,4H2,1-3H3,(H2,12,14,15). The molecule has 2 N–H and O–H groups in total. The van der Waals surface area contributed by atoms with Gasteiger partial charge in [0.15, 0.2) is 5.82 Å². The van der Waals surface area contributed by atoms with Crippen molar-refractivity contribution in [3.8, 4) is 11.5 Å². The summed E-state index contributed by atoms with van der Waals surface area (Å²) in [5.41, 5.74) is 7.56. The molecule has 0 unspecified atom stereocenters. The molecule has 2 aromatic rings. The normalized spacial score (nSPS) is 10.7. The van der Waals surface area contributed by atoms with Gasteiger partial charge in [0, 0.05) is 31.4 Å². The van der Waals surface area contributed by atoms with Crippen LogP contribution in [0.15, 0.2) is 12.4 Å². The first kappa shape index (κ1) is 10.6. The van der Waals surface area contributed by atoms with E-state index < -0.39 is 0 Å². The molecule has 0 amide bonds. The Kier molecular flexibility index (Phi) is 2.60. The van der Waals surface area contributed by atoms with Gasteiger partial charge >= 0.3 is 0 Å². The molecular formula is C11H15N5. The number of imidazole rings is 1. The molecule has 0 fully saturated rings. The Bertz CT molecular complexity index is 515. The zero-order valence-electron chi connectivity index (χ0n) is 9.73. The van der Waals surface area contributed by atoms with Crippen molar-refractivity contribution in [3.05, 3.63) is 23.8 Å². The van der Waals surface area contributed by atoms with Crippen molar-refractivity contribution in [1.82, 2.24) is 19.5 Å². The molecule has 2 rings (SSSR count). The number of hydrogen-bond donors (Lipinski definition) is 1. The minimum absolute atomic E-state index is 0.532. The van der Waals surface area contributed by atoms with E-state index in [4.69, 9.17) is 5.73 Å². The number of aryl methyl sites for hydroxylation is 2. The number of nitrogen functional groups attached to an aromatic ring is 1. The fourth-order valence-corrected chi connectivity index (χ4v) is 1.55. The Morgan fingerprint density at radius 2 is 2.12 bits per heavy atom. The minimum Gasteiger partial charge on any atom is -0.383 e. The molecule has 2 aromatic heterocycles. The first-order valence-corrected chi connectivity index (χ1v) is 5.24. The molecule has 0 saturated heterocycles. The lowest BCUT2D eigenvalue weighted by Gasteiger charge is -2.08. The van der Waals surface area contributed by atoms with Crippen LogP contribution in [0.5, 0.6) is 0 Å². The number of hydrogen-bond acceptors (Lipinski definition) is 4. The Labute approximate surface area is 94.4 Å². The van der Waals surface area contributed by atoms with Crippen LogP contribution in [0.3, 0.4) is 0 Å². The monoisotopic (exact) mass is 217 g/mol. The van der Waals surface area contributed by atoms with Crippen LogP contribution in [0.25, 0.3) is 11.5 Å². The molecule has 0 spiro atoms. The second-order valence-electron chi connectivity index (χ2n) is 3.71. The Balaban J connectivity index is 2.64. The first-order valence-electron chi connectivity index (χ1n) is 5.24. The fourth-order valence-electron chi connectivity index (χ4n) is 1.55. The molecule has 5 nitrogen and oxygen atoms in total. The van der Waals surface area contributed by atoms with Crippen LogP contribution in [0.2, 0.25) is 0 Å². The zero-order chi connectivity index (χ0) is 11.7. The van der Waals surface area contributed by atoms with Crippen LogP contribution in [-0.2, 0) is 13.5 Å². The fraction of sp³-hybridized carbons (Fsp3) is 0.364. The van der Waals surface area contributed by atoms with Crippen molar-refractivity contribution in [2.75, 3.05) is 5.73 Å². The van der Waals surface area contributed by atoms with Gasteiger partial charge in [0.25, 0.3) is 0 Å². The van der Waals surface area contributed by atoms with Crippen molar-refractivity contribution >= 4 is 5.82 Å². The smallest absolute Gasteiger partial charge is 0.158 e. The van der Waals surface area contributed by atoms with E-state index in [2.05, 4.69) is 15.0 Å². The molecule has 0 aliphatic rings. The van der Waals surface area contributed by atoms with E-state index in [-0.39, 0.29) is 0 Å². The van der Waals surface area contributed by atoms with E-state index in [1.807, 2.05) is 31.7 Å². The molecule has 0 aliphatic heterocycles. The molecule has 2 heterocycles. The van der Waals surface area contributed by atoms with Crippen molar-refractivity contribution in [3.63, 3.8) is 0 Å².